The number of aryl methyl sites for hydroxylation is 1. The van der Waals surface area contributed by atoms with Crippen molar-refractivity contribution in [3.05, 3.63) is 70.4 Å². The first-order valence-electron chi connectivity index (χ1n) is 12.9. The molecule has 11 heteroatoms. The molecule has 2 aromatic heterocycles. The van der Waals surface area contributed by atoms with Crippen molar-refractivity contribution in [1.82, 2.24) is 24.6 Å². The summed E-state index contributed by atoms with van der Waals surface area (Å²) in [6.45, 7) is 12.5. The molecule has 1 atom stereocenters. The van der Waals surface area contributed by atoms with Gasteiger partial charge in [0.2, 0.25) is 0 Å². The molecule has 202 valence electrons. The van der Waals surface area contributed by atoms with E-state index in [9.17, 15) is 9.59 Å². The highest BCUT2D eigenvalue weighted by atomic mass is 16.2. The fourth-order valence-electron chi connectivity index (χ4n) is 4.63. The molecule has 0 fully saturated rings. The SMILES string of the molecule is Cc1ccc(C2=CC(Nc3cc4n(n3)CCN(C)C4)C(=O)N=N2)c(C)c1NC(=O)c1cnc(C(C)(C)C)cn1. The summed E-state index contributed by atoms with van der Waals surface area (Å²) in [7, 11) is 2.07. The van der Waals surface area contributed by atoms with E-state index < -0.39 is 11.9 Å². The van der Waals surface area contributed by atoms with Gasteiger partial charge in [-0.25, -0.2) is 4.98 Å². The Bertz CT molecular complexity index is 1500. The first kappa shape index (κ1) is 26.4. The molecule has 2 N–H and O–H groups in total. The van der Waals surface area contributed by atoms with Crippen molar-refractivity contribution in [2.24, 2.45) is 10.2 Å². The molecule has 11 nitrogen and oxygen atoms in total. The van der Waals surface area contributed by atoms with E-state index in [0.717, 1.165) is 47.7 Å². The maximum Gasteiger partial charge on any atom is 0.290 e. The highest BCUT2D eigenvalue weighted by Crippen LogP contribution is 2.32. The first-order chi connectivity index (χ1) is 18.5. The van der Waals surface area contributed by atoms with E-state index in [1.165, 1.54) is 6.20 Å². The zero-order valence-corrected chi connectivity index (χ0v) is 23.1. The average molecular weight is 528 g/mol. The molecule has 2 aliphatic rings. The monoisotopic (exact) mass is 527 g/mol. The second kappa shape index (κ2) is 10.1. The third kappa shape index (κ3) is 5.49. The summed E-state index contributed by atoms with van der Waals surface area (Å²) in [6.07, 6.45) is 4.88. The summed E-state index contributed by atoms with van der Waals surface area (Å²) in [6, 6.07) is 5.08. The minimum Gasteiger partial charge on any atom is -0.354 e. The predicted molar refractivity (Wildman–Crippen MR) is 148 cm³/mol. The average Bonchev–Trinajstić information content (AvgIpc) is 3.29. The van der Waals surface area contributed by atoms with Gasteiger partial charge in [-0.1, -0.05) is 32.9 Å². The summed E-state index contributed by atoms with van der Waals surface area (Å²) >= 11 is 0. The molecule has 4 heterocycles. The molecular weight excluding hydrogens is 494 g/mol. The van der Waals surface area contributed by atoms with Crippen molar-refractivity contribution in [1.29, 1.82) is 0 Å². The fraction of sp³-hybridized carbons (Fsp3) is 0.393. The number of benzene rings is 1. The molecular formula is C28H33N9O2. The molecule has 0 bridgehead atoms. The van der Waals surface area contributed by atoms with Gasteiger partial charge in [0.05, 0.1) is 29.8 Å². The van der Waals surface area contributed by atoms with E-state index >= 15 is 0 Å². The number of azo groups is 1. The van der Waals surface area contributed by atoms with Crippen LogP contribution in [0.4, 0.5) is 11.5 Å². The third-order valence-electron chi connectivity index (χ3n) is 6.98. The third-order valence-corrected chi connectivity index (χ3v) is 6.98. The molecule has 0 saturated carbocycles. The Labute approximate surface area is 227 Å². The van der Waals surface area contributed by atoms with Crippen LogP contribution in [0, 0.1) is 13.8 Å². The zero-order chi connectivity index (χ0) is 27.9. The molecule has 2 aliphatic heterocycles. The molecule has 2 amide bonds. The van der Waals surface area contributed by atoms with Gasteiger partial charge in [0, 0.05) is 42.0 Å². The number of anilines is 2. The van der Waals surface area contributed by atoms with Gasteiger partial charge in [-0.05, 0) is 38.1 Å². The fourth-order valence-corrected chi connectivity index (χ4v) is 4.63. The van der Waals surface area contributed by atoms with Gasteiger partial charge in [-0.3, -0.25) is 24.2 Å². The molecule has 5 rings (SSSR count). The van der Waals surface area contributed by atoms with Gasteiger partial charge in [0.25, 0.3) is 11.8 Å². The van der Waals surface area contributed by atoms with E-state index in [-0.39, 0.29) is 17.0 Å². The molecule has 39 heavy (non-hydrogen) atoms. The lowest BCUT2D eigenvalue weighted by Crippen LogP contribution is -2.30. The van der Waals surface area contributed by atoms with Gasteiger partial charge < -0.3 is 10.6 Å². The standard InChI is InChI=1S/C28H33N9O2/c1-16-7-8-19(17(2)25(16)32-26(38)22-13-30-23(14-29-22)28(3,4)5)20-12-21(27(39)34-33-20)31-24-11-18-15-36(6)9-10-37(18)35-24/h7-8,11-14,21H,9-10,15H2,1-6H3,(H,31,35)(H,32,38). The lowest BCUT2D eigenvalue weighted by Gasteiger charge is -2.22. The molecule has 1 unspecified atom stereocenters. The topological polar surface area (TPSA) is 130 Å². The van der Waals surface area contributed by atoms with Crippen LogP contribution in [0.5, 0.6) is 0 Å². The highest BCUT2D eigenvalue weighted by Gasteiger charge is 2.25. The highest BCUT2D eigenvalue weighted by molar-refractivity contribution is 6.04. The normalized spacial score (nSPS) is 17.5. The van der Waals surface area contributed by atoms with Gasteiger partial charge in [0.1, 0.15) is 17.6 Å². The number of likely N-dealkylation sites (N-methyl/N-ethyl adjacent to an activating group) is 1. The number of aromatic nitrogens is 4. The summed E-state index contributed by atoms with van der Waals surface area (Å²) in [5.41, 5.74) is 5.62. The molecule has 0 radical (unpaired) electrons. The maximum absolute atomic E-state index is 13.0. The van der Waals surface area contributed by atoms with Gasteiger partial charge in [-0.15, -0.1) is 10.2 Å². The Morgan fingerprint density at radius 1 is 1.08 bits per heavy atom. The Hall–Kier alpha value is -4.25. The van der Waals surface area contributed by atoms with Crippen LogP contribution in [-0.2, 0) is 23.3 Å². The molecule has 3 aromatic rings. The molecule has 0 spiro atoms. The largest absolute Gasteiger partial charge is 0.354 e. The van der Waals surface area contributed by atoms with Crippen LogP contribution in [0.25, 0.3) is 5.70 Å². The van der Waals surface area contributed by atoms with Gasteiger partial charge >= 0.3 is 0 Å². The first-order valence-corrected chi connectivity index (χ1v) is 12.9. The minimum absolute atomic E-state index is 0.159. The number of hydrogen-bond acceptors (Lipinski definition) is 8. The number of nitrogens with zero attached hydrogens (tertiary/aromatic N) is 7. The number of carbonyl (C=O) groups is 2. The number of fused-ring (bicyclic) bond motifs is 1. The Kier molecular flexibility index (Phi) is 6.85. The van der Waals surface area contributed by atoms with Crippen molar-refractivity contribution >= 4 is 29.0 Å². The van der Waals surface area contributed by atoms with E-state index in [1.807, 2.05) is 57.5 Å². The number of hydrogen-bond donors (Lipinski definition) is 2. The van der Waals surface area contributed by atoms with E-state index in [1.54, 1.807) is 12.3 Å². The van der Waals surface area contributed by atoms with Crippen LogP contribution >= 0.6 is 0 Å². The molecule has 0 saturated heterocycles. The van der Waals surface area contributed by atoms with Crippen LogP contribution in [-0.4, -0.2) is 56.1 Å². The van der Waals surface area contributed by atoms with Crippen LogP contribution in [0.3, 0.4) is 0 Å². The Morgan fingerprint density at radius 3 is 2.59 bits per heavy atom. The molecule has 1 aromatic carbocycles. The van der Waals surface area contributed by atoms with Crippen molar-refractivity contribution < 1.29 is 9.59 Å². The summed E-state index contributed by atoms with van der Waals surface area (Å²) in [5, 5.41) is 18.9. The smallest absolute Gasteiger partial charge is 0.290 e. The van der Waals surface area contributed by atoms with Crippen molar-refractivity contribution in [3.63, 3.8) is 0 Å². The van der Waals surface area contributed by atoms with Crippen molar-refractivity contribution in [2.75, 3.05) is 24.2 Å². The maximum atomic E-state index is 13.0. The number of carbonyl (C=O) groups excluding carboxylic acids is 2. The second-order valence-corrected chi connectivity index (χ2v) is 11.1. The zero-order valence-electron chi connectivity index (χ0n) is 23.1. The minimum atomic E-state index is -0.706. The van der Waals surface area contributed by atoms with Crippen LogP contribution in [0.1, 0.15) is 59.3 Å². The Morgan fingerprint density at radius 2 is 1.87 bits per heavy atom. The number of amides is 2. The summed E-state index contributed by atoms with van der Waals surface area (Å²) in [5.74, 6) is -0.120. The Balaban J connectivity index is 1.37. The number of nitrogens with one attached hydrogen (secondary N) is 2. The number of rotatable bonds is 5. The lowest BCUT2D eigenvalue weighted by molar-refractivity contribution is -0.118. The second-order valence-electron chi connectivity index (χ2n) is 11.1. The van der Waals surface area contributed by atoms with Crippen LogP contribution < -0.4 is 10.6 Å². The lowest BCUT2D eigenvalue weighted by atomic mass is 9.93. The summed E-state index contributed by atoms with van der Waals surface area (Å²) in [4.78, 5) is 36.6. The van der Waals surface area contributed by atoms with E-state index in [0.29, 0.717) is 17.2 Å². The van der Waals surface area contributed by atoms with Crippen molar-refractivity contribution in [2.45, 2.75) is 59.2 Å². The van der Waals surface area contributed by atoms with Crippen LogP contribution in [0.2, 0.25) is 0 Å². The summed E-state index contributed by atoms with van der Waals surface area (Å²) < 4.78 is 1.96. The van der Waals surface area contributed by atoms with Gasteiger partial charge in [0.15, 0.2) is 0 Å². The van der Waals surface area contributed by atoms with Gasteiger partial charge in [-0.2, -0.15) is 5.10 Å². The van der Waals surface area contributed by atoms with E-state index in [4.69, 9.17) is 0 Å². The molecule has 0 aliphatic carbocycles. The quantitative estimate of drug-likeness (QED) is 0.511. The van der Waals surface area contributed by atoms with Crippen molar-refractivity contribution in [3.8, 4) is 0 Å². The van der Waals surface area contributed by atoms with E-state index in [2.05, 4.69) is 47.9 Å². The predicted octanol–water partition coefficient (Wildman–Crippen LogP) is 4.10. The van der Waals surface area contributed by atoms with Crippen LogP contribution in [0.15, 0.2) is 46.9 Å².